The summed E-state index contributed by atoms with van der Waals surface area (Å²) in [7, 11) is 0. The van der Waals surface area contributed by atoms with Gasteiger partial charge < -0.3 is 20.1 Å². The van der Waals surface area contributed by atoms with E-state index in [4.69, 9.17) is 9.47 Å². The highest BCUT2D eigenvalue weighted by molar-refractivity contribution is 5.97. The molecule has 7 heteroatoms. The Balaban J connectivity index is 1.37. The van der Waals surface area contributed by atoms with E-state index >= 15 is 0 Å². The summed E-state index contributed by atoms with van der Waals surface area (Å²) in [6.45, 7) is 0.321. The zero-order valence-electron chi connectivity index (χ0n) is 20.1. The van der Waals surface area contributed by atoms with Crippen LogP contribution in [0.5, 0.6) is 11.5 Å². The quantitative estimate of drug-likeness (QED) is 0.286. The number of rotatable bonds is 11. The molecule has 0 aliphatic rings. The molecule has 2 N–H and O–H groups in total. The summed E-state index contributed by atoms with van der Waals surface area (Å²) in [4.78, 5) is 25.7. The molecule has 0 radical (unpaired) electrons. The van der Waals surface area contributed by atoms with Gasteiger partial charge in [0.15, 0.2) is 0 Å². The number of anilines is 1. The second-order valence-electron chi connectivity index (χ2n) is 8.35. The summed E-state index contributed by atoms with van der Waals surface area (Å²) < 4.78 is 24.5. The van der Waals surface area contributed by atoms with Crippen LogP contribution >= 0.6 is 0 Å². The number of ether oxygens (including phenoxy) is 2. The molecular formula is C30H27FN2O4. The van der Waals surface area contributed by atoms with Gasteiger partial charge in [0.1, 0.15) is 23.4 Å². The molecule has 0 fully saturated rings. The lowest BCUT2D eigenvalue weighted by atomic mass is 10.1. The van der Waals surface area contributed by atoms with Gasteiger partial charge in [0.2, 0.25) is 11.8 Å². The summed E-state index contributed by atoms with van der Waals surface area (Å²) >= 11 is 0. The maximum absolute atomic E-state index is 13.1. The minimum atomic E-state index is -0.893. The molecule has 2 amide bonds. The highest BCUT2D eigenvalue weighted by Crippen LogP contribution is 2.23. The van der Waals surface area contributed by atoms with E-state index in [9.17, 15) is 14.0 Å². The van der Waals surface area contributed by atoms with Crippen molar-refractivity contribution in [1.82, 2.24) is 5.32 Å². The second kappa shape index (κ2) is 13.0. The van der Waals surface area contributed by atoms with Crippen molar-refractivity contribution in [1.29, 1.82) is 0 Å². The molecule has 4 aromatic carbocycles. The first kappa shape index (κ1) is 25.6. The topological polar surface area (TPSA) is 76.7 Å². The van der Waals surface area contributed by atoms with Crippen LogP contribution < -0.4 is 15.4 Å². The minimum Gasteiger partial charge on any atom is -0.457 e. The first-order valence-corrected chi connectivity index (χ1v) is 11.8. The number of benzene rings is 4. The lowest BCUT2D eigenvalue weighted by Gasteiger charge is -2.19. The smallest absolute Gasteiger partial charge is 0.249 e. The summed E-state index contributed by atoms with van der Waals surface area (Å²) in [5, 5.41) is 5.61. The van der Waals surface area contributed by atoms with Crippen molar-refractivity contribution in [3.8, 4) is 11.5 Å². The van der Waals surface area contributed by atoms with Crippen LogP contribution in [-0.4, -0.2) is 24.5 Å². The molecule has 6 nitrogen and oxygen atoms in total. The number of hydrogen-bond acceptors (Lipinski definition) is 4. The fourth-order valence-corrected chi connectivity index (χ4v) is 3.55. The van der Waals surface area contributed by atoms with Gasteiger partial charge in [-0.1, -0.05) is 60.7 Å². The zero-order valence-corrected chi connectivity index (χ0v) is 20.1. The molecule has 4 rings (SSSR count). The van der Waals surface area contributed by atoms with Gasteiger partial charge in [-0.3, -0.25) is 9.59 Å². The molecule has 4 aromatic rings. The largest absolute Gasteiger partial charge is 0.457 e. The first-order chi connectivity index (χ1) is 18.0. The third kappa shape index (κ3) is 8.30. The second-order valence-corrected chi connectivity index (χ2v) is 8.35. The monoisotopic (exact) mass is 498 g/mol. The molecule has 1 unspecified atom stereocenters. The Bertz CT molecular complexity index is 1280. The molecule has 0 aliphatic carbocycles. The van der Waals surface area contributed by atoms with E-state index in [1.807, 2.05) is 60.7 Å². The van der Waals surface area contributed by atoms with E-state index in [-0.39, 0.29) is 24.8 Å². The molecule has 0 spiro atoms. The fourth-order valence-electron chi connectivity index (χ4n) is 3.55. The van der Waals surface area contributed by atoms with E-state index in [0.29, 0.717) is 23.8 Å². The molecule has 0 aromatic heterocycles. The number of amides is 2. The van der Waals surface area contributed by atoms with Crippen LogP contribution in [0.4, 0.5) is 10.1 Å². The number of carbonyl (C=O) groups excluding carboxylic acids is 2. The molecule has 0 aliphatic heterocycles. The lowest BCUT2D eigenvalue weighted by molar-refractivity contribution is -0.127. The van der Waals surface area contributed by atoms with E-state index in [0.717, 1.165) is 11.1 Å². The van der Waals surface area contributed by atoms with Crippen molar-refractivity contribution < 1.29 is 23.5 Å². The zero-order chi connectivity index (χ0) is 25.9. The number of carbonyl (C=O) groups is 2. The standard InChI is InChI=1S/C30H27FN2O4/c31-24-11-15-26(16-12-24)37-27-17-13-25(14-18-27)32-30(35)28(21-36-20-23-9-5-2-6-10-23)33-29(34)19-22-7-3-1-4-8-22/h1-18,28H,19-21H2,(H,32,35)(H,33,34). The molecule has 188 valence electrons. The summed E-state index contributed by atoms with van der Waals surface area (Å²) in [5.41, 5.74) is 2.34. The first-order valence-electron chi connectivity index (χ1n) is 11.8. The van der Waals surface area contributed by atoms with E-state index < -0.39 is 11.9 Å². The van der Waals surface area contributed by atoms with Gasteiger partial charge in [-0.25, -0.2) is 4.39 Å². The average Bonchev–Trinajstić information content (AvgIpc) is 2.91. The number of hydrogen-bond donors (Lipinski definition) is 2. The van der Waals surface area contributed by atoms with Crippen molar-refractivity contribution >= 4 is 17.5 Å². The molecular weight excluding hydrogens is 471 g/mol. The number of nitrogens with one attached hydrogen (secondary N) is 2. The normalized spacial score (nSPS) is 11.4. The average molecular weight is 499 g/mol. The van der Waals surface area contributed by atoms with Crippen molar-refractivity contribution in [3.63, 3.8) is 0 Å². The van der Waals surface area contributed by atoms with Crippen LogP contribution in [0.25, 0.3) is 0 Å². The van der Waals surface area contributed by atoms with Gasteiger partial charge in [-0.05, 0) is 59.7 Å². The molecule has 1 atom stereocenters. The molecule has 0 saturated carbocycles. The van der Waals surface area contributed by atoms with Gasteiger partial charge in [0.25, 0.3) is 0 Å². The van der Waals surface area contributed by atoms with Crippen molar-refractivity contribution in [2.24, 2.45) is 0 Å². The van der Waals surface area contributed by atoms with Crippen LogP contribution in [0.1, 0.15) is 11.1 Å². The lowest BCUT2D eigenvalue weighted by Crippen LogP contribution is -2.47. The van der Waals surface area contributed by atoms with Crippen LogP contribution in [0.3, 0.4) is 0 Å². The predicted octanol–water partition coefficient (Wildman–Crippen LogP) is 5.50. The Morgan fingerprint density at radius 2 is 1.30 bits per heavy atom. The summed E-state index contributed by atoms with van der Waals surface area (Å²) in [5.74, 6) is 0.00131. The van der Waals surface area contributed by atoms with Gasteiger partial charge in [0.05, 0.1) is 19.6 Å². The van der Waals surface area contributed by atoms with E-state index in [1.165, 1.54) is 24.3 Å². The van der Waals surface area contributed by atoms with Crippen LogP contribution in [0, 0.1) is 5.82 Å². The summed E-state index contributed by atoms with van der Waals surface area (Å²) in [6.07, 6.45) is 0.152. The van der Waals surface area contributed by atoms with Gasteiger partial charge in [0, 0.05) is 5.69 Å². The third-order valence-electron chi connectivity index (χ3n) is 5.43. The van der Waals surface area contributed by atoms with Crippen LogP contribution in [0.2, 0.25) is 0 Å². The fraction of sp³-hybridized carbons (Fsp3) is 0.133. The Hall–Kier alpha value is -4.49. The molecule has 0 saturated heterocycles. The number of halogens is 1. The Kier molecular flexibility index (Phi) is 8.99. The molecule has 0 heterocycles. The maximum Gasteiger partial charge on any atom is 0.249 e. The predicted molar refractivity (Wildman–Crippen MR) is 140 cm³/mol. The van der Waals surface area contributed by atoms with E-state index in [1.54, 1.807) is 24.3 Å². The Labute approximate surface area is 215 Å². The Morgan fingerprint density at radius 1 is 0.730 bits per heavy atom. The maximum atomic E-state index is 13.1. The van der Waals surface area contributed by atoms with E-state index in [2.05, 4.69) is 10.6 Å². The van der Waals surface area contributed by atoms with Gasteiger partial charge in [-0.2, -0.15) is 0 Å². The minimum absolute atomic E-state index is 0.00696. The van der Waals surface area contributed by atoms with Gasteiger partial charge >= 0.3 is 0 Å². The molecule has 0 bridgehead atoms. The van der Waals surface area contributed by atoms with Crippen LogP contribution in [-0.2, 0) is 27.4 Å². The SMILES string of the molecule is O=C(Cc1ccccc1)NC(COCc1ccccc1)C(=O)Nc1ccc(Oc2ccc(F)cc2)cc1. The summed E-state index contributed by atoms with van der Waals surface area (Å²) in [6, 6.07) is 30.5. The van der Waals surface area contributed by atoms with Gasteiger partial charge in [-0.15, -0.1) is 0 Å². The third-order valence-corrected chi connectivity index (χ3v) is 5.43. The van der Waals surface area contributed by atoms with Crippen molar-refractivity contribution in [2.75, 3.05) is 11.9 Å². The van der Waals surface area contributed by atoms with Crippen molar-refractivity contribution in [2.45, 2.75) is 19.1 Å². The Morgan fingerprint density at radius 3 is 1.92 bits per heavy atom. The van der Waals surface area contributed by atoms with Crippen molar-refractivity contribution in [3.05, 3.63) is 126 Å². The molecule has 37 heavy (non-hydrogen) atoms. The van der Waals surface area contributed by atoms with Crippen LogP contribution in [0.15, 0.2) is 109 Å². The highest BCUT2D eigenvalue weighted by atomic mass is 19.1. The highest BCUT2D eigenvalue weighted by Gasteiger charge is 2.21.